The van der Waals surface area contributed by atoms with Crippen LogP contribution in [0.2, 0.25) is 0 Å². The van der Waals surface area contributed by atoms with E-state index in [4.69, 9.17) is 0 Å². The Morgan fingerprint density at radius 1 is 0.919 bits per heavy atom. The molecule has 1 aromatic heterocycles. The molecule has 2 aromatic carbocycles. The van der Waals surface area contributed by atoms with E-state index in [2.05, 4.69) is 9.88 Å². The number of amides is 1. The van der Waals surface area contributed by atoms with Gasteiger partial charge in [-0.1, -0.05) is 17.8 Å². The molecule has 1 amide bonds. The van der Waals surface area contributed by atoms with Gasteiger partial charge in [0, 0.05) is 50.6 Å². The number of sulfone groups is 1. The molecular formula is C25H30N4O5S3. The van der Waals surface area contributed by atoms with E-state index in [1.807, 2.05) is 6.92 Å². The molecule has 1 atom stereocenters. The summed E-state index contributed by atoms with van der Waals surface area (Å²) in [5.74, 6) is -0.128. The van der Waals surface area contributed by atoms with Gasteiger partial charge in [0.1, 0.15) is 0 Å². The highest BCUT2D eigenvalue weighted by molar-refractivity contribution is 7.90. The Morgan fingerprint density at radius 2 is 1.59 bits per heavy atom. The summed E-state index contributed by atoms with van der Waals surface area (Å²) in [6.07, 6.45) is 3.95. The highest BCUT2D eigenvalue weighted by Crippen LogP contribution is 2.31. The predicted molar refractivity (Wildman–Crippen MR) is 144 cm³/mol. The SMILES string of the molecule is CC1CCCCN1S(=O)(=O)c1ccc(C(=O)N2CCN(c3nc4ccc(S(C)(=O)=O)cc4s3)CC2)cc1. The number of piperidine rings is 1. The van der Waals surface area contributed by atoms with Gasteiger partial charge >= 0.3 is 0 Å². The van der Waals surface area contributed by atoms with Crippen LogP contribution in [0.25, 0.3) is 10.2 Å². The van der Waals surface area contributed by atoms with Gasteiger partial charge in [-0.25, -0.2) is 21.8 Å². The molecular weight excluding hydrogens is 532 g/mol. The van der Waals surface area contributed by atoms with Crippen molar-refractivity contribution in [3.63, 3.8) is 0 Å². The summed E-state index contributed by atoms with van der Waals surface area (Å²) in [4.78, 5) is 22.1. The first-order valence-corrected chi connectivity index (χ1v) is 16.5. The molecule has 2 saturated heterocycles. The Kier molecular flexibility index (Phi) is 7.03. The fourth-order valence-electron chi connectivity index (χ4n) is 4.88. The first-order chi connectivity index (χ1) is 17.5. The maximum Gasteiger partial charge on any atom is 0.253 e. The Balaban J connectivity index is 1.24. The highest BCUT2D eigenvalue weighted by atomic mass is 32.2. The molecule has 2 fully saturated rings. The molecule has 198 valence electrons. The Bertz CT molecular complexity index is 1530. The number of anilines is 1. The number of sulfonamides is 1. The van der Waals surface area contributed by atoms with Crippen molar-refractivity contribution in [1.29, 1.82) is 0 Å². The van der Waals surface area contributed by atoms with Crippen LogP contribution in [0.1, 0.15) is 36.5 Å². The van der Waals surface area contributed by atoms with Crippen LogP contribution in [0.5, 0.6) is 0 Å². The minimum atomic E-state index is -3.58. The minimum Gasteiger partial charge on any atom is -0.345 e. The average molecular weight is 563 g/mol. The summed E-state index contributed by atoms with van der Waals surface area (Å²) in [5, 5.41) is 0.800. The predicted octanol–water partition coefficient (Wildman–Crippen LogP) is 3.23. The topological polar surface area (TPSA) is 108 Å². The van der Waals surface area contributed by atoms with Crippen LogP contribution in [-0.2, 0) is 19.9 Å². The quantitative estimate of drug-likeness (QED) is 0.470. The van der Waals surface area contributed by atoms with Gasteiger partial charge in [-0.05, 0) is 62.2 Å². The molecule has 0 bridgehead atoms. The van der Waals surface area contributed by atoms with Crippen LogP contribution in [-0.4, -0.2) is 82.0 Å². The van der Waals surface area contributed by atoms with Crippen molar-refractivity contribution < 1.29 is 21.6 Å². The molecule has 9 nitrogen and oxygen atoms in total. The van der Waals surface area contributed by atoms with Crippen LogP contribution in [0, 0.1) is 0 Å². The summed E-state index contributed by atoms with van der Waals surface area (Å²) in [6, 6.07) is 11.2. The molecule has 2 aliphatic heterocycles. The zero-order valence-electron chi connectivity index (χ0n) is 20.8. The van der Waals surface area contributed by atoms with Gasteiger partial charge in [-0.15, -0.1) is 0 Å². The molecule has 5 rings (SSSR count). The molecule has 0 N–H and O–H groups in total. The van der Waals surface area contributed by atoms with Crippen molar-refractivity contribution in [3.05, 3.63) is 48.0 Å². The van der Waals surface area contributed by atoms with Gasteiger partial charge in [0.05, 0.1) is 20.0 Å². The lowest BCUT2D eigenvalue weighted by Gasteiger charge is -2.34. The third-order valence-electron chi connectivity index (χ3n) is 7.06. The van der Waals surface area contributed by atoms with Crippen LogP contribution < -0.4 is 4.90 Å². The maximum atomic E-state index is 13.1. The summed E-state index contributed by atoms with van der Waals surface area (Å²) < 4.78 is 52.2. The Labute approximate surface area is 221 Å². The van der Waals surface area contributed by atoms with Crippen LogP contribution in [0.4, 0.5) is 5.13 Å². The zero-order valence-corrected chi connectivity index (χ0v) is 23.3. The zero-order chi connectivity index (χ0) is 26.4. The Morgan fingerprint density at radius 3 is 2.24 bits per heavy atom. The molecule has 2 aliphatic rings. The van der Waals surface area contributed by atoms with Crippen LogP contribution >= 0.6 is 11.3 Å². The summed E-state index contributed by atoms with van der Waals surface area (Å²) in [5.41, 5.74) is 1.22. The molecule has 0 radical (unpaired) electrons. The normalized spacial score (nSPS) is 19.9. The molecule has 3 aromatic rings. The van der Waals surface area contributed by atoms with Gasteiger partial charge in [0.25, 0.3) is 5.91 Å². The Hall–Kier alpha value is -2.54. The molecule has 0 saturated carbocycles. The number of benzene rings is 2. The fourth-order valence-corrected chi connectivity index (χ4v) is 8.35. The van der Waals surface area contributed by atoms with Crippen molar-refractivity contribution >= 4 is 52.5 Å². The number of carbonyl (C=O) groups excluding carboxylic acids is 1. The molecule has 1 unspecified atom stereocenters. The van der Waals surface area contributed by atoms with E-state index in [0.29, 0.717) is 38.3 Å². The number of rotatable bonds is 5. The van der Waals surface area contributed by atoms with E-state index in [-0.39, 0.29) is 21.7 Å². The fraction of sp³-hybridized carbons (Fsp3) is 0.440. The highest BCUT2D eigenvalue weighted by Gasteiger charge is 2.31. The second kappa shape index (κ2) is 9.97. The monoisotopic (exact) mass is 562 g/mol. The van der Waals surface area contributed by atoms with Crippen molar-refractivity contribution in [2.45, 2.75) is 42.0 Å². The standard InChI is InChI=1S/C25H30N4O5S3/c1-18-5-3-4-12-29(18)37(33,34)20-8-6-19(7-9-20)24(30)27-13-15-28(16-14-27)25-26-22-11-10-21(36(2,31)32)17-23(22)35-25/h6-11,17-18H,3-5,12-16H2,1-2H3. The number of nitrogens with zero attached hydrogens (tertiary/aromatic N) is 4. The van der Waals surface area contributed by atoms with E-state index < -0.39 is 19.9 Å². The molecule has 0 spiro atoms. The van der Waals surface area contributed by atoms with E-state index >= 15 is 0 Å². The van der Waals surface area contributed by atoms with E-state index in [1.54, 1.807) is 39.5 Å². The molecule has 3 heterocycles. The number of piperazine rings is 1. The summed E-state index contributed by atoms with van der Waals surface area (Å²) in [6.45, 7) is 4.69. The second-order valence-corrected chi connectivity index (χ2v) is 14.6. The van der Waals surface area contributed by atoms with Crippen molar-refractivity contribution in [2.24, 2.45) is 0 Å². The van der Waals surface area contributed by atoms with E-state index in [1.165, 1.54) is 29.7 Å². The van der Waals surface area contributed by atoms with Gasteiger partial charge in [-0.3, -0.25) is 4.79 Å². The lowest BCUT2D eigenvalue weighted by atomic mass is 10.1. The number of thiazole rings is 1. The second-order valence-electron chi connectivity index (χ2n) is 9.66. The van der Waals surface area contributed by atoms with E-state index in [0.717, 1.165) is 34.6 Å². The molecule has 37 heavy (non-hydrogen) atoms. The third-order valence-corrected chi connectivity index (χ3v) is 11.3. The number of hydrogen-bond acceptors (Lipinski definition) is 8. The van der Waals surface area contributed by atoms with E-state index in [9.17, 15) is 21.6 Å². The van der Waals surface area contributed by atoms with Gasteiger partial charge in [-0.2, -0.15) is 4.31 Å². The van der Waals surface area contributed by atoms with Crippen LogP contribution in [0.3, 0.4) is 0 Å². The average Bonchev–Trinajstić information content (AvgIpc) is 3.32. The largest absolute Gasteiger partial charge is 0.345 e. The van der Waals surface area contributed by atoms with Crippen molar-refractivity contribution in [2.75, 3.05) is 43.9 Å². The first-order valence-electron chi connectivity index (χ1n) is 12.3. The summed E-state index contributed by atoms with van der Waals surface area (Å²) >= 11 is 1.44. The van der Waals surface area contributed by atoms with Crippen molar-refractivity contribution in [1.82, 2.24) is 14.2 Å². The number of hydrogen-bond donors (Lipinski definition) is 0. The van der Waals surface area contributed by atoms with Gasteiger partial charge in [0.2, 0.25) is 10.0 Å². The first kappa shape index (κ1) is 26.1. The minimum absolute atomic E-state index is 0.0199. The summed E-state index contributed by atoms with van der Waals surface area (Å²) in [7, 11) is -6.86. The smallest absolute Gasteiger partial charge is 0.253 e. The maximum absolute atomic E-state index is 13.1. The van der Waals surface area contributed by atoms with Gasteiger partial charge < -0.3 is 9.80 Å². The molecule has 12 heteroatoms. The van der Waals surface area contributed by atoms with Crippen LogP contribution in [0.15, 0.2) is 52.3 Å². The van der Waals surface area contributed by atoms with Gasteiger partial charge in [0.15, 0.2) is 15.0 Å². The number of carbonyl (C=O) groups is 1. The number of aromatic nitrogens is 1. The number of fused-ring (bicyclic) bond motifs is 1. The lowest BCUT2D eigenvalue weighted by molar-refractivity contribution is 0.0746. The van der Waals surface area contributed by atoms with Crippen molar-refractivity contribution in [3.8, 4) is 0 Å². The third kappa shape index (κ3) is 5.25. The lowest BCUT2D eigenvalue weighted by Crippen LogP contribution is -2.48. The molecule has 0 aliphatic carbocycles.